The van der Waals surface area contributed by atoms with Crippen LogP contribution >= 0.6 is 0 Å². The van der Waals surface area contributed by atoms with Crippen LogP contribution in [0.3, 0.4) is 0 Å². The van der Waals surface area contributed by atoms with Crippen molar-refractivity contribution in [2.45, 2.75) is 25.8 Å². The molecule has 106 valence electrons. The van der Waals surface area contributed by atoms with Crippen molar-refractivity contribution in [2.75, 3.05) is 13.1 Å². The molecule has 0 unspecified atom stereocenters. The molecule has 1 saturated heterocycles. The summed E-state index contributed by atoms with van der Waals surface area (Å²) >= 11 is 0. The number of hydrogen-bond acceptors (Lipinski definition) is 3. The normalized spacial score (nSPS) is 17.4. The van der Waals surface area contributed by atoms with Crippen LogP contribution in [0.1, 0.15) is 24.0 Å². The van der Waals surface area contributed by atoms with Gasteiger partial charge in [0.25, 0.3) is 0 Å². The second-order valence-corrected chi connectivity index (χ2v) is 5.80. The van der Waals surface area contributed by atoms with E-state index in [0.717, 1.165) is 12.5 Å². The van der Waals surface area contributed by atoms with Crippen molar-refractivity contribution in [3.05, 3.63) is 48.0 Å². The highest BCUT2D eigenvalue weighted by atomic mass is 15.2. The fourth-order valence-electron chi connectivity index (χ4n) is 3.01. The molecule has 3 heterocycles. The van der Waals surface area contributed by atoms with Crippen molar-refractivity contribution in [3.8, 4) is 0 Å². The highest BCUT2D eigenvalue weighted by molar-refractivity contribution is 5.10. The van der Waals surface area contributed by atoms with Crippen LogP contribution in [0.25, 0.3) is 0 Å². The Morgan fingerprint density at radius 1 is 1.15 bits per heavy atom. The lowest BCUT2D eigenvalue weighted by atomic mass is 9.90. The fourth-order valence-corrected chi connectivity index (χ4v) is 3.01. The highest BCUT2D eigenvalue weighted by Crippen LogP contribution is 2.22. The molecule has 0 atom stereocenters. The number of aryl methyl sites for hydroxylation is 1. The largest absolute Gasteiger partial charge is 0.299 e. The monoisotopic (exact) mass is 270 g/mol. The lowest BCUT2D eigenvalue weighted by Gasteiger charge is -2.31. The number of piperidine rings is 1. The molecule has 0 N–H and O–H groups in total. The first-order valence-electron chi connectivity index (χ1n) is 7.38. The Kier molecular flexibility index (Phi) is 4.11. The quantitative estimate of drug-likeness (QED) is 0.854. The third-order valence-electron chi connectivity index (χ3n) is 4.15. The van der Waals surface area contributed by atoms with Crippen LogP contribution in [0, 0.1) is 5.92 Å². The Morgan fingerprint density at radius 2 is 1.90 bits per heavy atom. The van der Waals surface area contributed by atoms with Crippen LogP contribution in [-0.4, -0.2) is 32.8 Å². The molecule has 2 aromatic heterocycles. The Bertz CT molecular complexity index is 526. The third kappa shape index (κ3) is 3.45. The molecule has 4 heteroatoms. The Balaban J connectivity index is 1.47. The van der Waals surface area contributed by atoms with E-state index in [1.54, 1.807) is 0 Å². The van der Waals surface area contributed by atoms with Crippen molar-refractivity contribution in [3.63, 3.8) is 0 Å². The zero-order valence-electron chi connectivity index (χ0n) is 12.1. The van der Waals surface area contributed by atoms with Crippen molar-refractivity contribution in [1.82, 2.24) is 19.7 Å². The average molecular weight is 270 g/mol. The predicted molar refractivity (Wildman–Crippen MR) is 79.2 cm³/mol. The Labute approximate surface area is 120 Å². The maximum atomic E-state index is 4.24. The number of pyridine rings is 1. The van der Waals surface area contributed by atoms with E-state index in [2.05, 4.69) is 33.3 Å². The van der Waals surface area contributed by atoms with Gasteiger partial charge in [0, 0.05) is 37.7 Å². The molecule has 0 bridgehead atoms. The van der Waals surface area contributed by atoms with Gasteiger partial charge in [0.1, 0.15) is 0 Å². The summed E-state index contributed by atoms with van der Waals surface area (Å²) in [5, 5.41) is 4.24. The van der Waals surface area contributed by atoms with E-state index in [4.69, 9.17) is 0 Å². The van der Waals surface area contributed by atoms with Crippen LogP contribution in [-0.2, 0) is 20.0 Å². The third-order valence-corrected chi connectivity index (χ3v) is 4.15. The molecule has 0 saturated carbocycles. The van der Waals surface area contributed by atoms with Crippen molar-refractivity contribution in [2.24, 2.45) is 13.0 Å². The smallest absolute Gasteiger partial charge is 0.0534 e. The molecule has 20 heavy (non-hydrogen) atoms. The van der Waals surface area contributed by atoms with Gasteiger partial charge in [-0.3, -0.25) is 14.6 Å². The number of rotatable bonds is 4. The van der Waals surface area contributed by atoms with Gasteiger partial charge < -0.3 is 0 Å². The topological polar surface area (TPSA) is 34.0 Å². The van der Waals surface area contributed by atoms with Crippen LogP contribution in [0.4, 0.5) is 0 Å². The Hall–Kier alpha value is -1.68. The van der Waals surface area contributed by atoms with Gasteiger partial charge in [0.2, 0.25) is 0 Å². The van der Waals surface area contributed by atoms with Crippen LogP contribution in [0.5, 0.6) is 0 Å². The molecule has 0 aromatic carbocycles. The average Bonchev–Trinajstić information content (AvgIpc) is 2.88. The summed E-state index contributed by atoms with van der Waals surface area (Å²) in [6.45, 7) is 3.44. The standard InChI is InChI=1S/C16H22N4/c1-19-12-16(11-18-19)13-20-8-4-15(5-9-20)10-14-2-6-17-7-3-14/h2-3,6-7,11-12,15H,4-5,8-10,13H2,1H3. The van der Waals surface area contributed by atoms with Gasteiger partial charge >= 0.3 is 0 Å². The van der Waals surface area contributed by atoms with E-state index in [9.17, 15) is 0 Å². The molecule has 0 amide bonds. The molecule has 0 spiro atoms. The minimum absolute atomic E-state index is 0.822. The molecule has 1 aliphatic heterocycles. The minimum Gasteiger partial charge on any atom is -0.299 e. The fraction of sp³-hybridized carbons (Fsp3) is 0.500. The lowest BCUT2D eigenvalue weighted by molar-refractivity contribution is 0.177. The molecule has 0 aliphatic carbocycles. The zero-order chi connectivity index (χ0) is 13.8. The van der Waals surface area contributed by atoms with E-state index in [-0.39, 0.29) is 0 Å². The second-order valence-electron chi connectivity index (χ2n) is 5.80. The van der Waals surface area contributed by atoms with E-state index in [1.807, 2.05) is 30.3 Å². The maximum absolute atomic E-state index is 4.24. The molecule has 3 rings (SSSR count). The molecule has 2 aromatic rings. The summed E-state index contributed by atoms with van der Waals surface area (Å²) in [5.74, 6) is 0.822. The molecule has 1 fully saturated rings. The van der Waals surface area contributed by atoms with Gasteiger partial charge in [-0.05, 0) is 56.0 Å². The lowest BCUT2D eigenvalue weighted by Crippen LogP contribution is -2.33. The van der Waals surface area contributed by atoms with Gasteiger partial charge in [-0.25, -0.2) is 0 Å². The number of aromatic nitrogens is 3. The molecular weight excluding hydrogens is 248 g/mol. The molecule has 4 nitrogen and oxygen atoms in total. The van der Waals surface area contributed by atoms with Gasteiger partial charge in [-0.15, -0.1) is 0 Å². The maximum Gasteiger partial charge on any atom is 0.0534 e. The SMILES string of the molecule is Cn1cc(CN2CCC(Cc3ccncc3)CC2)cn1. The van der Waals surface area contributed by atoms with Crippen LogP contribution in [0.15, 0.2) is 36.9 Å². The van der Waals surface area contributed by atoms with Gasteiger partial charge in [0.05, 0.1) is 6.20 Å². The van der Waals surface area contributed by atoms with Gasteiger partial charge in [-0.2, -0.15) is 5.10 Å². The minimum atomic E-state index is 0.822. The number of hydrogen-bond donors (Lipinski definition) is 0. The molecule has 1 aliphatic rings. The molecule has 0 radical (unpaired) electrons. The highest BCUT2D eigenvalue weighted by Gasteiger charge is 2.19. The van der Waals surface area contributed by atoms with Crippen LogP contribution in [0.2, 0.25) is 0 Å². The Morgan fingerprint density at radius 3 is 2.55 bits per heavy atom. The summed E-state index contributed by atoms with van der Waals surface area (Å²) in [6.07, 6.45) is 11.7. The summed E-state index contributed by atoms with van der Waals surface area (Å²) in [6, 6.07) is 4.28. The summed E-state index contributed by atoms with van der Waals surface area (Å²) < 4.78 is 1.88. The second kappa shape index (κ2) is 6.18. The first-order valence-corrected chi connectivity index (χ1v) is 7.38. The van der Waals surface area contributed by atoms with E-state index in [1.165, 1.54) is 43.5 Å². The first kappa shape index (κ1) is 13.3. The van der Waals surface area contributed by atoms with Crippen molar-refractivity contribution >= 4 is 0 Å². The zero-order valence-corrected chi connectivity index (χ0v) is 12.1. The van der Waals surface area contributed by atoms with Crippen molar-refractivity contribution in [1.29, 1.82) is 0 Å². The van der Waals surface area contributed by atoms with Gasteiger partial charge in [0.15, 0.2) is 0 Å². The van der Waals surface area contributed by atoms with E-state index < -0.39 is 0 Å². The number of nitrogens with zero attached hydrogens (tertiary/aromatic N) is 4. The van der Waals surface area contributed by atoms with Crippen LogP contribution < -0.4 is 0 Å². The number of likely N-dealkylation sites (tertiary alicyclic amines) is 1. The summed E-state index contributed by atoms with van der Waals surface area (Å²) in [4.78, 5) is 6.62. The van der Waals surface area contributed by atoms with E-state index >= 15 is 0 Å². The first-order chi connectivity index (χ1) is 9.79. The van der Waals surface area contributed by atoms with Gasteiger partial charge in [-0.1, -0.05) is 0 Å². The van der Waals surface area contributed by atoms with Crippen molar-refractivity contribution < 1.29 is 0 Å². The summed E-state index contributed by atoms with van der Waals surface area (Å²) in [5.41, 5.74) is 2.74. The summed E-state index contributed by atoms with van der Waals surface area (Å²) in [7, 11) is 1.98. The molecular formula is C16H22N4. The van der Waals surface area contributed by atoms with E-state index in [0.29, 0.717) is 0 Å². The predicted octanol–water partition coefficient (Wildman–Crippen LogP) is 2.27.